The zero-order valence-electron chi connectivity index (χ0n) is 18.7. The minimum absolute atomic E-state index is 0.219. The lowest BCUT2D eigenvalue weighted by atomic mass is 9.80. The highest BCUT2D eigenvalue weighted by molar-refractivity contribution is 6.10. The van der Waals surface area contributed by atoms with E-state index in [-0.39, 0.29) is 5.78 Å². The predicted octanol–water partition coefficient (Wildman–Crippen LogP) is 7.92. The lowest BCUT2D eigenvalue weighted by molar-refractivity contribution is -0.112. The SMILES string of the molecule is O=C(C1=CCCC=C1)C1=CC(C=CCC2C=CCC(CCC3C=CC=CC3)C2)=CCC1. The van der Waals surface area contributed by atoms with Crippen molar-refractivity contribution in [1.82, 2.24) is 0 Å². The Bertz CT molecular complexity index is 883. The van der Waals surface area contributed by atoms with Crippen LogP contribution in [-0.2, 0) is 4.79 Å². The van der Waals surface area contributed by atoms with Gasteiger partial charge in [-0.15, -0.1) is 0 Å². The summed E-state index contributed by atoms with van der Waals surface area (Å²) in [5, 5.41) is 0. The van der Waals surface area contributed by atoms with Gasteiger partial charge in [0.1, 0.15) is 0 Å². The Labute approximate surface area is 188 Å². The molecule has 162 valence electrons. The number of ketones is 1. The molecule has 3 atom stereocenters. The highest BCUT2D eigenvalue weighted by Crippen LogP contribution is 2.32. The number of Topliss-reactive ketones (excluding diaryl/α,β-unsaturated/α-hetero) is 1. The summed E-state index contributed by atoms with van der Waals surface area (Å²) in [7, 11) is 0. The van der Waals surface area contributed by atoms with E-state index in [2.05, 4.69) is 72.9 Å². The minimum Gasteiger partial charge on any atom is -0.289 e. The van der Waals surface area contributed by atoms with Crippen molar-refractivity contribution in [3.63, 3.8) is 0 Å². The van der Waals surface area contributed by atoms with Crippen LogP contribution >= 0.6 is 0 Å². The number of hydrogen-bond acceptors (Lipinski definition) is 1. The van der Waals surface area contributed by atoms with Gasteiger partial charge in [-0.1, -0.05) is 72.9 Å². The van der Waals surface area contributed by atoms with E-state index in [1.807, 2.05) is 6.08 Å². The molecule has 0 bridgehead atoms. The van der Waals surface area contributed by atoms with Crippen LogP contribution < -0.4 is 0 Å². The average molecular weight is 413 g/mol. The number of allylic oxidation sites excluding steroid dienone is 16. The van der Waals surface area contributed by atoms with Gasteiger partial charge in [0.2, 0.25) is 0 Å². The first-order chi connectivity index (χ1) is 15.3. The summed E-state index contributed by atoms with van der Waals surface area (Å²) >= 11 is 0. The van der Waals surface area contributed by atoms with E-state index < -0.39 is 0 Å². The van der Waals surface area contributed by atoms with Crippen LogP contribution in [0.25, 0.3) is 0 Å². The quantitative estimate of drug-likeness (QED) is 0.370. The maximum atomic E-state index is 12.8. The summed E-state index contributed by atoms with van der Waals surface area (Å²) in [6, 6.07) is 0. The first-order valence-corrected chi connectivity index (χ1v) is 12.3. The summed E-state index contributed by atoms with van der Waals surface area (Å²) < 4.78 is 0. The molecule has 31 heavy (non-hydrogen) atoms. The second kappa shape index (κ2) is 11.3. The molecule has 0 aromatic carbocycles. The van der Waals surface area contributed by atoms with Crippen molar-refractivity contribution < 1.29 is 4.79 Å². The molecule has 0 aromatic rings. The average Bonchev–Trinajstić information content (AvgIpc) is 2.84. The topological polar surface area (TPSA) is 17.1 Å². The van der Waals surface area contributed by atoms with Gasteiger partial charge in [0.25, 0.3) is 0 Å². The third-order valence-electron chi connectivity index (χ3n) is 6.96. The van der Waals surface area contributed by atoms with Crippen LogP contribution in [-0.4, -0.2) is 5.78 Å². The maximum absolute atomic E-state index is 12.8. The molecule has 4 rings (SSSR count). The number of hydrogen-bond donors (Lipinski definition) is 0. The Kier molecular flexibility index (Phi) is 7.93. The van der Waals surface area contributed by atoms with E-state index in [4.69, 9.17) is 0 Å². The summed E-state index contributed by atoms with van der Waals surface area (Å²) in [4.78, 5) is 12.8. The van der Waals surface area contributed by atoms with Crippen LogP contribution in [0.3, 0.4) is 0 Å². The summed E-state index contributed by atoms with van der Waals surface area (Å²) in [6.07, 6.45) is 40.4. The first kappa shape index (κ1) is 21.8. The third-order valence-corrected chi connectivity index (χ3v) is 6.96. The van der Waals surface area contributed by atoms with Crippen molar-refractivity contribution in [1.29, 1.82) is 0 Å². The van der Waals surface area contributed by atoms with E-state index in [1.165, 1.54) is 37.7 Å². The largest absolute Gasteiger partial charge is 0.289 e. The summed E-state index contributed by atoms with van der Waals surface area (Å²) in [6.45, 7) is 0. The fraction of sp³-hybridized carbons (Fsp3) is 0.433. The fourth-order valence-corrected chi connectivity index (χ4v) is 5.14. The normalized spacial score (nSPS) is 27.9. The fourth-order valence-electron chi connectivity index (χ4n) is 5.14. The molecule has 0 aliphatic heterocycles. The van der Waals surface area contributed by atoms with Gasteiger partial charge in [0, 0.05) is 11.1 Å². The van der Waals surface area contributed by atoms with Gasteiger partial charge >= 0.3 is 0 Å². The van der Waals surface area contributed by atoms with Crippen molar-refractivity contribution in [3.8, 4) is 0 Å². The summed E-state index contributed by atoms with van der Waals surface area (Å²) in [5.74, 6) is 2.45. The molecule has 0 saturated heterocycles. The molecule has 0 saturated carbocycles. The van der Waals surface area contributed by atoms with Gasteiger partial charge in [-0.05, 0) is 93.6 Å². The number of carbonyl (C=O) groups is 1. The van der Waals surface area contributed by atoms with Gasteiger partial charge in [-0.3, -0.25) is 4.79 Å². The maximum Gasteiger partial charge on any atom is 0.188 e. The molecule has 1 heteroatoms. The molecule has 0 fully saturated rings. The van der Waals surface area contributed by atoms with Gasteiger partial charge in [0.05, 0.1) is 0 Å². The molecule has 4 aliphatic rings. The molecular formula is C30H36O. The van der Waals surface area contributed by atoms with Crippen molar-refractivity contribution in [2.45, 2.75) is 64.2 Å². The van der Waals surface area contributed by atoms with Crippen LogP contribution in [0.15, 0.2) is 95.7 Å². The van der Waals surface area contributed by atoms with E-state index in [9.17, 15) is 4.79 Å². The molecule has 0 radical (unpaired) electrons. The molecule has 1 nitrogen and oxygen atoms in total. The van der Waals surface area contributed by atoms with E-state index >= 15 is 0 Å². The minimum atomic E-state index is 0.219. The van der Waals surface area contributed by atoms with Gasteiger partial charge < -0.3 is 0 Å². The van der Waals surface area contributed by atoms with Crippen molar-refractivity contribution >= 4 is 5.78 Å². The zero-order valence-corrected chi connectivity index (χ0v) is 18.7. The first-order valence-electron chi connectivity index (χ1n) is 12.3. The number of carbonyl (C=O) groups excluding carboxylic acids is 1. The molecule has 0 heterocycles. The smallest absolute Gasteiger partial charge is 0.188 e. The molecule has 0 spiro atoms. The van der Waals surface area contributed by atoms with Gasteiger partial charge in [-0.25, -0.2) is 0 Å². The van der Waals surface area contributed by atoms with Crippen molar-refractivity contribution in [2.24, 2.45) is 17.8 Å². The van der Waals surface area contributed by atoms with E-state index in [0.29, 0.717) is 5.92 Å². The number of rotatable bonds is 8. The van der Waals surface area contributed by atoms with Crippen LogP contribution in [0.1, 0.15) is 64.2 Å². The van der Waals surface area contributed by atoms with Crippen LogP contribution in [0.2, 0.25) is 0 Å². The van der Waals surface area contributed by atoms with E-state index in [0.717, 1.165) is 55.1 Å². The molecule has 3 unspecified atom stereocenters. The van der Waals surface area contributed by atoms with Crippen molar-refractivity contribution in [3.05, 3.63) is 95.7 Å². The highest BCUT2D eigenvalue weighted by Gasteiger charge is 2.19. The van der Waals surface area contributed by atoms with Crippen molar-refractivity contribution in [2.75, 3.05) is 0 Å². The molecule has 0 amide bonds. The van der Waals surface area contributed by atoms with Crippen LogP contribution in [0.4, 0.5) is 0 Å². The Morgan fingerprint density at radius 2 is 1.90 bits per heavy atom. The lowest BCUT2D eigenvalue weighted by Crippen LogP contribution is -2.12. The molecular weight excluding hydrogens is 376 g/mol. The zero-order chi connectivity index (χ0) is 21.3. The van der Waals surface area contributed by atoms with Crippen LogP contribution in [0, 0.1) is 17.8 Å². The third kappa shape index (κ3) is 6.53. The highest BCUT2D eigenvalue weighted by atomic mass is 16.1. The van der Waals surface area contributed by atoms with E-state index in [1.54, 1.807) is 0 Å². The van der Waals surface area contributed by atoms with Gasteiger partial charge in [0.15, 0.2) is 5.78 Å². The van der Waals surface area contributed by atoms with Crippen LogP contribution in [0.5, 0.6) is 0 Å². The standard InChI is InChI=1S/C30H36O/c31-30(28-17-5-2-6-18-28)29-19-9-16-26(23-29)14-7-12-25-13-8-15-27(22-25)21-20-24-10-3-1-4-11-24/h1,3-5,7-8,10,13-14,16-18,23-25,27H,2,6,9,11-12,15,19-22H2. The monoisotopic (exact) mass is 412 g/mol. The summed E-state index contributed by atoms with van der Waals surface area (Å²) in [5.41, 5.74) is 3.04. The predicted molar refractivity (Wildman–Crippen MR) is 132 cm³/mol. The lowest BCUT2D eigenvalue weighted by Gasteiger charge is -2.25. The Hall–Kier alpha value is -2.41. The second-order valence-electron chi connectivity index (χ2n) is 9.43. The Morgan fingerprint density at radius 1 is 0.935 bits per heavy atom. The Morgan fingerprint density at radius 3 is 2.74 bits per heavy atom. The second-order valence-corrected chi connectivity index (χ2v) is 9.43. The molecule has 0 N–H and O–H groups in total. The van der Waals surface area contributed by atoms with Gasteiger partial charge in [-0.2, -0.15) is 0 Å². The Balaban J connectivity index is 1.25. The molecule has 4 aliphatic carbocycles. The molecule has 0 aromatic heterocycles.